The van der Waals surface area contributed by atoms with Crippen molar-refractivity contribution in [3.8, 4) is 0 Å². The van der Waals surface area contributed by atoms with E-state index in [1.165, 1.54) is 122 Å². The first-order valence-electron chi connectivity index (χ1n) is 28.4. The molecule has 0 aliphatic carbocycles. The Morgan fingerprint density at radius 3 is 1.52 bits per heavy atom. The van der Waals surface area contributed by atoms with Crippen LogP contribution >= 0.6 is 0 Å². The normalized spacial score (nSPS) is 20.1. The van der Waals surface area contributed by atoms with E-state index in [0.717, 1.165) is 77.0 Å². The van der Waals surface area contributed by atoms with Gasteiger partial charge in [-0.1, -0.05) is 223 Å². The van der Waals surface area contributed by atoms with E-state index in [4.69, 9.17) is 14.2 Å². The number of aliphatic hydroxyl groups is 5. The number of rotatable bonds is 47. The molecule has 0 saturated carbocycles. The molecule has 1 saturated heterocycles. The SMILES string of the molecule is CCCCC/C=C\C/C=C\C/C=C\CCCCCC(O)C(=O)NC(COC1OC(CO)C(O)C(O)C1OC(=O)CCCCCCCCCCCCCCC)C(O)/C=C/CCCCCCCCCCC. The van der Waals surface area contributed by atoms with Crippen molar-refractivity contribution in [1.82, 2.24) is 5.32 Å². The Morgan fingerprint density at radius 1 is 0.565 bits per heavy atom. The van der Waals surface area contributed by atoms with Crippen molar-refractivity contribution >= 4 is 11.9 Å². The second kappa shape index (κ2) is 46.7. The summed E-state index contributed by atoms with van der Waals surface area (Å²) in [6.07, 6.45) is 44.4. The van der Waals surface area contributed by atoms with Gasteiger partial charge in [0.1, 0.15) is 24.4 Å². The molecule has 0 aromatic rings. The van der Waals surface area contributed by atoms with Gasteiger partial charge in [-0.15, -0.1) is 0 Å². The van der Waals surface area contributed by atoms with Crippen molar-refractivity contribution in [2.45, 2.75) is 294 Å². The third-order valence-corrected chi connectivity index (χ3v) is 13.2. The van der Waals surface area contributed by atoms with E-state index in [1.807, 2.05) is 6.08 Å². The number of hydrogen-bond donors (Lipinski definition) is 6. The van der Waals surface area contributed by atoms with Gasteiger partial charge >= 0.3 is 5.97 Å². The molecule has 8 unspecified atom stereocenters. The van der Waals surface area contributed by atoms with E-state index < -0.39 is 67.4 Å². The van der Waals surface area contributed by atoms with E-state index in [0.29, 0.717) is 12.8 Å². The molecule has 0 aromatic heterocycles. The number of unbranched alkanes of at least 4 members (excludes halogenated alkanes) is 27. The minimum atomic E-state index is -1.61. The van der Waals surface area contributed by atoms with Gasteiger partial charge in [0.25, 0.3) is 0 Å². The van der Waals surface area contributed by atoms with Gasteiger partial charge in [-0.05, 0) is 64.2 Å². The van der Waals surface area contributed by atoms with Crippen molar-refractivity contribution in [2.75, 3.05) is 13.2 Å². The molecule has 69 heavy (non-hydrogen) atoms. The minimum absolute atomic E-state index is 0.123. The lowest BCUT2D eigenvalue weighted by Crippen LogP contribution is -2.61. The highest BCUT2D eigenvalue weighted by Crippen LogP contribution is 2.26. The number of ether oxygens (including phenoxy) is 3. The monoisotopic (exact) mass is 976 g/mol. The van der Waals surface area contributed by atoms with Gasteiger partial charge in [0.05, 0.1) is 25.4 Å². The van der Waals surface area contributed by atoms with E-state index in [1.54, 1.807) is 6.08 Å². The molecule has 1 fully saturated rings. The topological polar surface area (TPSA) is 175 Å². The summed E-state index contributed by atoms with van der Waals surface area (Å²) in [7, 11) is 0. The molecule has 1 rings (SSSR count). The Bertz CT molecular complexity index is 1300. The summed E-state index contributed by atoms with van der Waals surface area (Å²) in [5, 5.41) is 56.7. The van der Waals surface area contributed by atoms with Crippen molar-refractivity contribution in [2.24, 2.45) is 0 Å². The molecule has 1 aliphatic rings. The summed E-state index contributed by atoms with van der Waals surface area (Å²) in [6.45, 7) is 5.72. The van der Waals surface area contributed by atoms with Crippen LogP contribution < -0.4 is 5.32 Å². The number of esters is 1. The van der Waals surface area contributed by atoms with Crippen LogP contribution in [0.2, 0.25) is 0 Å². The van der Waals surface area contributed by atoms with Gasteiger partial charge in [0.15, 0.2) is 12.4 Å². The summed E-state index contributed by atoms with van der Waals surface area (Å²) in [5.74, 6) is -1.21. The molecule has 8 atom stereocenters. The Hall–Kier alpha value is -2.38. The highest BCUT2D eigenvalue weighted by atomic mass is 16.7. The van der Waals surface area contributed by atoms with E-state index >= 15 is 0 Å². The van der Waals surface area contributed by atoms with Crippen LogP contribution in [-0.4, -0.2) is 99.6 Å². The lowest BCUT2D eigenvalue weighted by Gasteiger charge is -2.41. The first-order valence-corrected chi connectivity index (χ1v) is 28.4. The number of carbonyl (C=O) groups is 2. The minimum Gasteiger partial charge on any atom is -0.454 e. The maximum absolute atomic E-state index is 13.3. The number of allylic oxidation sites excluding steroid dienone is 7. The number of amides is 1. The lowest BCUT2D eigenvalue weighted by molar-refractivity contribution is -0.305. The average molecular weight is 976 g/mol. The van der Waals surface area contributed by atoms with Crippen LogP contribution in [0.3, 0.4) is 0 Å². The van der Waals surface area contributed by atoms with Crippen LogP contribution in [0.25, 0.3) is 0 Å². The van der Waals surface area contributed by atoms with Gasteiger partial charge in [0, 0.05) is 6.42 Å². The highest BCUT2D eigenvalue weighted by Gasteiger charge is 2.47. The first-order chi connectivity index (χ1) is 33.7. The molecule has 1 amide bonds. The fraction of sp³-hybridized carbons (Fsp3) is 0.828. The number of aliphatic hydroxyl groups excluding tert-OH is 5. The average Bonchev–Trinajstić information content (AvgIpc) is 3.34. The zero-order chi connectivity index (χ0) is 50.4. The van der Waals surface area contributed by atoms with Crippen molar-refractivity contribution in [3.63, 3.8) is 0 Å². The van der Waals surface area contributed by atoms with Gasteiger partial charge in [-0.3, -0.25) is 9.59 Å². The Balaban J connectivity index is 2.75. The van der Waals surface area contributed by atoms with Gasteiger partial charge in [-0.25, -0.2) is 0 Å². The predicted molar refractivity (Wildman–Crippen MR) is 283 cm³/mol. The van der Waals surface area contributed by atoms with Gasteiger partial charge in [0.2, 0.25) is 5.91 Å². The summed E-state index contributed by atoms with van der Waals surface area (Å²) >= 11 is 0. The van der Waals surface area contributed by atoms with Crippen LogP contribution in [0.4, 0.5) is 0 Å². The molecule has 1 aliphatic heterocycles. The molecule has 6 N–H and O–H groups in total. The predicted octanol–water partition coefficient (Wildman–Crippen LogP) is 12.5. The van der Waals surface area contributed by atoms with Crippen molar-refractivity contribution in [3.05, 3.63) is 48.6 Å². The second-order valence-corrected chi connectivity index (χ2v) is 19.7. The second-order valence-electron chi connectivity index (χ2n) is 19.7. The van der Waals surface area contributed by atoms with Gasteiger partial charge < -0.3 is 45.1 Å². The molecule has 11 heteroatoms. The molecule has 0 bridgehead atoms. The molecule has 402 valence electrons. The zero-order valence-electron chi connectivity index (χ0n) is 44.2. The molecule has 11 nitrogen and oxygen atoms in total. The molecular formula is C58H105NO10. The lowest BCUT2D eigenvalue weighted by atomic mass is 9.99. The Morgan fingerprint density at radius 2 is 1.00 bits per heavy atom. The third-order valence-electron chi connectivity index (χ3n) is 13.2. The van der Waals surface area contributed by atoms with E-state index in [9.17, 15) is 35.1 Å². The standard InChI is InChI=1S/C58H105NO10/c1-4-7-10-13-16-19-22-24-25-26-28-30-33-36-39-42-45-51(62)57(66)59-49(50(61)44-41-38-35-32-29-21-18-15-12-9-6-3)48-67-58-56(55(65)54(64)52(47-60)68-58)69-53(63)46-43-40-37-34-31-27-23-20-17-14-11-8-5-2/h16,19,24-25,28,30,41,44,49-52,54-56,58,60-62,64-65H,4-15,17-18,20-23,26-27,29,31-40,42-43,45-48H2,1-3H3,(H,59,66)/b19-16-,25-24-,30-28-,44-41+. The van der Waals surface area contributed by atoms with Crippen LogP contribution in [0, 0.1) is 0 Å². The van der Waals surface area contributed by atoms with Gasteiger partial charge in [-0.2, -0.15) is 0 Å². The van der Waals surface area contributed by atoms with Crippen LogP contribution in [-0.2, 0) is 23.8 Å². The highest BCUT2D eigenvalue weighted by molar-refractivity contribution is 5.80. The molecule has 0 radical (unpaired) electrons. The van der Waals surface area contributed by atoms with Crippen LogP contribution in [0.15, 0.2) is 48.6 Å². The van der Waals surface area contributed by atoms with Crippen molar-refractivity contribution in [1.29, 1.82) is 0 Å². The Kier molecular flexibility index (Phi) is 43.7. The fourth-order valence-corrected chi connectivity index (χ4v) is 8.66. The molecule has 0 aromatic carbocycles. The summed E-state index contributed by atoms with van der Waals surface area (Å²) in [5.41, 5.74) is 0. The largest absolute Gasteiger partial charge is 0.454 e. The zero-order valence-corrected chi connectivity index (χ0v) is 44.2. The van der Waals surface area contributed by atoms with E-state index in [-0.39, 0.29) is 19.4 Å². The van der Waals surface area contributed by atoms with Crippen LogP contribution in [0.1, 0.15) is 245 Å². The first kappa shape index (κ1) is 64.6. The summed E-state index contributed by atoms with van der Waals surface area (Å²) in [4.78, 5) is 26.4. The molecular weight excluding hydrogens is 871 g/mol. The molecule has 0 spiro atoms. The number of nitrogens with one attached hydrogen (secondary N) is 1. The smallest absolute Gasteiger partial charge is 0.306 e. The Labute approximate surface area is 421 Å². The van der Waals surface area contributed by atoms with E-state index in [2.05, 4.69) is 62.5 Å². The van der Waals surface area contributed by atoms with Crippen LogP contribution in [0.5, 0.6) is 0 Å². The number of hydrogen-bond acceptors (Lipinski definition) is 10. The summed E-state index contributed by atoms with van der Waals surface area (Å²) in [6, 6.07) is -1.03. The maximum Gasteiger partial charge on any atom is 0.306 e. The number of carbonyl (C=O) groups excluding carboxylic acids is 2. The summed E-state index contributed by atoms with van der Waals surface area (Å²) < 4.78 is 17.5. The molecule has 1 heterocycles. The van der Waals surface area contributed by atoms with Crippen molar-refractivity contribution < 1.29 is 49.3 Å². The maximum atomic E-state index is 13.3. The quantitative estimate of drug-likeness (QED) is 0.0196. The third kappa shape index (κ3) is 35.4. The fourth-order valence-electron chi connectivity index (χ4n) is 8.66.